The summed E-state index contributed by atoms with van der Waals surface area (Å²) < 4.78 is 17.0. The van der Waals surface area contributed by atoms with E-state index in [1.807, 2.05) is 11.8 Å². The number of amides is 1. The summed E-state index contributed by atoms with van der Waals surface area (Å²) in [5, 5.41) is 0. The Morgan fingerprint density at radius 3 is 3.10 bits per heavy atom. The minimum Gasteiger partial charge on any atom is -0.469 e. The minimum absolute atomic E-state index is 0.0333. The van der Waals surface area contributed by atoms with Gasteiger partial charge < -0.3 is 18.8 Å². The first-order valence-corrected chi connectivity index (χ1v) is 7.75. The van der Waals surface area contributed by atoms with Gasteiger partial charge in [0, 0.05) is 26.0 Å². The van der Waals surface area contributed by atoms with Gasteiger partial charge in [0.05, 0.1) is 31.1 Å². The summed E-state index contributed by atoms with van der Waals surface area (Å²) in [7, 11) is 0. The second-order valence-electron chi connectivity index (χ2n) is 6.11. The fourth-order valence-corrected chi connectivity index (χ4v) is 3.31. The lowest BCUT2D eigenvalue weighted by Gasteiger charge is -2.42. The molecule has 2 aliphatic rings. The van der Waals surface area contributed by atoms with Crippen LogP contribution in [0.1, 0.15) is 42.8 Å². The molecular formula is C16H23NO4. The summed E-state index contributed by atoms with van der Waals surface area (Å²) in [4.78, 5) is 14.7. The molecular weight excluding hydrogens is 270 g/mol. The van der Waals surface area contributed by atoms with Crippen molar-refractivity contribution in [2.45, 2.75) is 44.8 Å². The van der Waals surface area contributed by atoms with Crippen molar-refractivity contribution in [3.63, 3.8) is 0 Å². The highest BCUT2D eigenvalue weighted by molar-refractivity contribution is 5.95. The molecule has 2 saturated heterocycles. The van der Waals surface area contributed by atoms with Gasteiger partial charge in [-0.25, -0.2) is 0 Å². The minimum atomic E-state index is -0.317. The summed E-state index contributed by atoms with van der Waals surface area (Å²) in [6.45, 7) is 6.61. The third-order valence-electron chi connectivity index (χ3n) is 4.21. The van der Waals surface area contributed by atoms with Crippen LogP contribution in [-0.4, -0.2) is 48.8 Å². The van der Waals surface area contributed by atoms with Crippen molar-refractivity contribution in [2.24, 2.45) is 0 Å². The summed E-state index contributed by atoms with van der Waals surface area (Å²) in [6.07, 6.45) is 4.25. The topological polar surface area (TPSA) is 51.9 Å². The number of carbonyl (C=O) groups excluding carboxylic acids is 1. The Labute approximate surface area is 125 Å². The van der Waals surface area contributed by atoms with Crippen LogP contribution < -0.4 is 0 Å². The van der Waals surface area contributed by atoms with Crippen LogP contribution in [-0.2, 0) is 15.9 Å². The Balaban J connectivity index is 1.78. The Morgan fingerprint density at radius 2 is 2.38 bits per heavy atom. The quantitative estimate of drug-likeness (QED) is 0.857. The van der Waals surface area contributed by atoms with E-state index >= 15 is 0 Å². The summed E-state index contributed by atoms with van der Waals surface area (Å²) in [5.74, 6) is 0.840. The molecule has 3 heterocycles. The highest BCUT2D eigenvalue weighted by Crippen LogP contribution is 2.31. The second-order valence-corrected chi connectivity index (χ2v) is 6.11. The molecule has 0 radical (unpaired) electrons. The molecule has 2 aliphatic heterocycles. The predicted molar refractivity (Wildman–Crippen MR) is 77.3 cm³/mol. The van der Waals surface area contributed by atoms with Gasteiger partial charge in [0.15, 0.2) is 0 Å². The van der Waals surface area contributed by atoms with Gasteiger partial charge in [-0.05, 0) is 19.4 Å². The number of hydrogen-bond acceptors (Lipinski definition) is 4. The van der Waals surface area contributed by atoms with E-state index < -0.39 is 0 Å². The van der Waals surface area contributed by atoms with Crippen molar-refractivity contribution in [3.8, 4) is 0 Å². The van der Waals surface area contributed by atoms with Gasteiger partial charge >= 0.3 is 0 Å². The molecule has 0 bridgehead atoms. The lowest BCUT2D eigenvalue weighted by atomic mass is 9.98. The van der Waals surface area contributed by atoms with Crippen molar-refractivity contribution in [1.82, 2.24) is 4.90 Å². The molecule has 0 aromatic carbocycles. The van der Waals surface area contributed by atoms with E-state index in [0.29, 0.717) is 31.9 Å². The first kappa shape index (κ1) is 14.6. The number of rotatable bonds is 3. The zero-order valence-corrected chi connectivity index (χ0v) is 12.8. The number of ether oxygens (including phenoxy) is 2. The average molecular weight is 293 g/mol. The Morgan fingerprint density at radius 1 is 1.52 bits per heavy atom. The summed E-state index contributed by atoms with van der Waals surface area (Å²) >= 11 is 0. The molecule has 0 saturated carbocycles. The first-order chi connectivity index (χ1) is 10.1. The number of aryl methyl sites for hydroxylation is 1. The molecule has 116 valence electrons. The molecule has 2 atom stereocenters. The molecule has 1 spiro atoms. The standard InChI is InChI=1S/C16H23NO4/c1-3-4-14-13(5-7-20-14)15(18)17-9-12(2)21-16(10-17)6-8-19-11-16/h5,7,12H,3-4,6,8-11H2,1-2H3/t12-,16+/m1/s1. The predicted octanol–water partition coefficient (Wildman–Crippen LogP) is 2.25. The maximum Gasteiger partial charge on any atom is 0.257 e. The Kier molecular flexibility index (Phi) is 4.04. The monoisotopic (exact) mass is 293 g/mol. The highest BCUT2D eigenvalue weighted by Gasteiger charge is 2.44. The van der Waals surface area contributed by atoms with Crippen LogP contribution in [0.2, 0.25) is 0 Å². The van der Waals surface area contributed by atoms with Gasteiger partial charge in [0.2, 0.25) is 0 Å². The SMILES string of the molecule is CCCc1occc1C(=O)N1C[C@@H](C)O[C@@]2(CCOC2)C1. The number of morpholine rings is 1. The average Bonchev–Trinajstić information content (AvgIpc) is 3.07. The van der Waals surface area contributed by atoms with E-state index in [1.54, 1.807) is 12.3 Å². The van der Waals surface area contributed by atoms with E-state index in [1.165, 1.54) is 0 Å². The number of nitrogens with zero attached hydrogens (tertiary/aromatic N) is 1. The van der Waals surface area contributed by atoms with E-state index in [0.717, 1.165) is 25.0 Å². The first-order valence-electron chi connectivity index (χ1n) is 7.75. The van der Waals surface area contributed by atoms with E-state index in [-0.39, 0.29) is 17.6 Å². The number of carbonyl (C=O) groups is 1. The molecule has 5 nitrogen and oxygen atoms in total. The van der Waals surface area contributed by atoms with Gasteiger partial charge in [-0.1, -0.05) is 6.92 Å². The molecule has 5 heteroatoms. The third kappa shape index (κ3) is 2.85. The fourth-order valence-electron chi connectivity index (χ4n) is 3.31. The van der Waals surface area contributed by atoms with Crippen LogP contribution >= 0.6 is 0 Å². The molecule has 1 aromatic rings. The summed E-state index contributed by atoms with van der Waals surface area (Å²) in [6, 6.07) is 1.78. The Bertz CT molecular complexity index is 504. The maximum atomic E-state index is 12.8. The van der Waals surface area contributed by atoms with E-state index in [9.17, 15) is 4.79 Å². The fraction of sp³-hybridized carbons (Fsp3) is 0.688. The van der Waals surface area contributed by atoms with Gasteiger partial charge in [0.1, 0.15) is 11.4 Å². The van der Waals surface area contributed by atoms with Crippen LogP contribution in [0.3, 0.4) is 0 Å². The lowest BCUT2D eigenvalue weighted by molar-refractivity contribution is -0.138. The van der Waals surface area contributed by atoms with Crippen LogP contribution in [0.5, 0.6) is 0 Å². The number of hydrogen-bond donors (Lipinski definition) is 0. The Hall–Kier alpha value is -1.33. The van der Waals surface area contributed by atoms with Gasteiger partial charge in [-0.2, -0.15) is 0 Å². The van der Waals surface area contributed by atoms with Gasteiger partial charge in [-0.15, -0.1) is 0 Å². The smallest absolute Gasteiger partial charge is 0.257 e. The van der Waals surface area contributed by atoms with Crippen molar-refractivity contribution >= 4 is 5.91 Å². The van der Waals surface area contributed by atoms with Crippen LogP contribution in [0.15, 0.2) is 16.7 Å². The van der Waals surface area contributed by atoms with Crippen LogP contribution in [0.4, 0.5) is 0 Å². The normalized spacial score (nSPS) is 29.2. The van der Waals surface area contributed by atoms with Crippen LogP contribution in [0.25, 0.3) is 0 Å². The highest BCUT2D eigenvalue weighted by atomic mass is 16.6. The zero-order chi connectivity index (χ0) is 14.9. The second kappa shape index (κ2) is 5.81. The van der Waals surface area contributed by atoms with Crippen LogP contribution in [0, 0.1) is 0 Å². The van der Waals surface area contributed by atoms with Gasteiger partial charge in [-0.3, -0.25) is 4.79 Å². The molecule has 0 aliphatic carbocycles. The molecule has 1 aromatic heterocycles. The number of furan rings is 1. The molecule has 2 fully saturated rings. The molecule has 0 unspecified atom stereocenters. The van der Waals surface area contributed by atoms with Crippen molar-refractivity contribution in [2.75, 3.05) is 26.3 Å². The third-order valence-corrected chi connectivity index (χ3v) is 4.21. The van der Waals surface area contributed by atoms with Crippen molar-refractivity contribution < 1.29 is 18.7 Å². The molecule has 1 amide bonds. The summed E-state index contributed by atoms with van der Waals surface area (Å²) in [5.41, 5.74) is 0.377. The van der Waals surface area contributed by atoms with Crippen molar-refractivity contribution in [3.05, 3.63) is 23.7 Å². The van der Waals surface area contributed by atoms with Crippen molar-refractivity contribution in [1.29, 1.82) is 0 Å². The van der Waals surface area contributed by atoms with E-state index in [4.69, 9.17) is 13.9 Å². The zero-order valence-electron chi connectivity index (χ0n) is 12.8. The molecule has 0 N–H and O–H groups in total. The lowest BCUT2D eigenvalue weighted by Crippen LogP contribution is -2.57. The largest absolute Gasteiger partial charge is 0.469 e. The maximum absolute atomic E-state index is 12.8. The van der Waals surface area contributed by atoms with E-state index in [2.05, 4.69) is 6.92 Å². The molecule has 21 heavy (non-hydrogen) atoms. The van der Waals surface area contributed by atoms with Gasteiger partial charge in [0.25, 0.3) is 5.91 Å². The molecule has 3 rings (SSSR count).